The Hall–Kier alpha value is -4.32. The van der Waals surface area contributed by atoms with Gasteiger partial charge in [0.25, 0.3) is 5.91 Å². The van der Waals surface area contributed by atoms with Gasteiger partial charge in [-0.1, -0.05) is 39.3 Å². The summed E-state index contributed by atoms with van der Waals surface area (Å²) in [6, 6.07) is 5.68. The Kier molecular flexibility index (Phi) is 17.8. The summed E-state index contributed by atoms with van der Waals surface area (Å²) in [5, 5.41) is 27.6. The number of carboxylic acid groups (broad SMARTS) is 1. The lowest BCUT2D eigenvalue weighted by molar-refractivity contribution is -0.210. The van der Waals surface area contributed by atoms with Crippen molar-refractivity contribution in [3.8, 4) is 12.3 Å². The summed E-state index contributed by atoms with van der Waals surface area (Å²) in [5.74, 6) is -0.385. The third-order valence-electron chi connectivity index (χ3n) is 8.08. The summed E-state index contributed by atoms with van der Waals surface area (Å²) in [6.45, 7) is 9.90. The average molecular weight is 729 g/mol. The highest BCUT2D eigenvalue weighted by molar-refractivity contribution is 7.09. The van der Waals surface area contributed by atoms with E-state index in [-0.39, 0.29) is 43.4 Å². The average Bonchev–Trinajstić information content (AvgIpc) is 3.57. The number of carbonyl (C=O) groups is 5. The SMILES string of the molecule is C#CCCCON(C(=O)CCCC)C(CC(OC(C)=O)c1nc(C(=O)NC(Cc2ccc(NC(=O)CO)cc2)CC(C)(C)C(=O)O)cs1)C(C)C. The van der Waals surface area contributed by atoms with Crippen molar-refractivity contribution >= 4 is 46.7 Å². The molecule has 0 aliphatic heterocycles. The molecule has 0 aliphatic carbocycles. The van der Waals surface area contributed by atoms with E-state index in [1.165, 1.54) is 12.0 Å². The van der Waals surface area contributed by atoms with Crippen molar-refractivity contribution in [1.82, 2.24) is 15.4 Å². The van der Waals surface area contributed by atoms with Gasteiger partial charge in [-0.05, 0) is 63.1 Å². The lowest BCUT2D eigenvalue weighted by Crippen LogP contribution is -2.44. The molecule has 280 valence electrons. The number of benzene rings is 1. The van der Waals surface area contributed by atoms with E-state index in [4.69, 9.17) is 21.1 Å². The van der Waals surface area contributed by atoms with Crippen LogP contribution >= 0.6 is 11.3 Å². The highest BCUT2D eigenvalue weighted by atomic mass is 32.1. The minimum absolute atomic E-state index is 0.0647. The van der Waals surface area contributed by atoms with E-state index in [1.807, 2.05) is 20.8 Å². The lowest BCUT2D eigenvalue weighted by atomic mass is 9.84. The molecule has 0 saturated heterocycles. The molecule has 3 unspecified atom stereocenters. The van der Waals surface area contributed by atoms with Crippen molar-refractivity contribution < 1.29 is 43.8 Å². The molecule has 0 radical (unpaired) electrons. The van der Waals surface area contributed by atoms with Gasteiger partial charge in [-0.15, -0.1) is 23.7 Å². The monoisotopic (exact) mass is 728 g/mol. The van der Waals surface area contributed by atoms with Gasteiger partial charge in [0.2, 0.25) is 11.8 Å². The molecule has 1 aromatic carbocycles. The Morgan fingerprint density at radius 1 is 1.12 bits per heavy atom. The number of aliphatic hydroxyl groups excluding tert-OH is 1. The molecule has 1 aromatic heterocycles. The smallest absolute Gasteiger partial charge is 0.309 e. The number of aromatic nitrogens is 1. The van der Waals surface area contributed by atoms with Crippen molar-refractivity contribution in [3.05, 3.63) is 45.9 Å². The number of unbranched alkanes of at least 4 members (excludes halogenated alkanes) is 2. The van der Waals surface area contributed by atoms with Crippen LogP contribution in [0.25, 0.3) is 0 Å². The lowest BCUT2D eigenvalue weighted by Gasteiger charge is -2.35. The molecule has 0 fully saturated rings. The van der Waals surface area contributed by atoms with Gasteiger partial charge in [-0.3, -0.25) is 28.8 Å². The molecule has 0 bridgehead atoms. The minimum atomic E-state index is -1.17. The number of amides is 3. The fraction of sp³-hybridized carbons (Fsp3) is 0.568. The third-order valence-corrected chi connectivity index (χ3v) is 9.02. The molecule has 0 saturated carbocycles. The number of aliphatic hydroxyl groups is 1. The zero-order valence-corrected chi connectivity index (χ0v) is 31.2. The summed E-state index contributed by atoms with van der Waals surface area (Å²) in [4.78, 5) is 73.2. The van der Waals surface area contributed by atoms with Gasteiger partial charge in [0, 0.05) is 43.3 Å². The molecule has 14 heteroatoms. The Morgan fingerprint density at radius 2 is 1.80 bits per heavy atom. The first kappa shape index (κ1) is 42.8. The third kappa shape index (κ3) is 14.4. The summed E-state index contributed by atoms with van der Waals surface area (Å²) in [7, 11) is 0. The predicted octanol–water partition coefficient (Wildman–Crippen LogP) is 5.30. The Balaban J connectivity index is 2.35. The first-order chi connectivity index (χ1) is 24.1. The van der Waals surface area contributed by atoms with Crippen LogP contribution in [0.3, 0.4) is 0 Å². The molecule has 2 aromatic rings. The number of hydrogen-bond acceptors (Lipinski definition) is 10. The number of hydrogen-bond donors (Lipinski definition) is 4. The highest BCUT2D eigenvalue weighted by Crippen LogP contribution is 2.32. The maximum Gasteiger partial charge on any atom is 0.309 e. The second kappa shape index (κ2) is 21.1. The molecular formula is C37H52N4O9S. The first-order valence-corrected chi connectivity index (χ1v) is 18.0. The van der Waals surface area contributed by atoms with E-state index in [0.29, 0.717) is 36.4 Å². The van der Waals surface area contributed by atoms with Crippen LogP contribution < -0.4 is 10.6 Å². The molecule has 0 spiro atoms. The van der Waals surface area contributed by atoms with E-state index in [0.717, 1.165) is 23.3 Å². The van der Waals surface area contributed by atoms with Gasteiger partial charge >= 0.3 is 11.9 Å². The van der Waals surface area contributed by atoms with E-state index in [2.05, 4.69) is 21.5 Å². The largest absolute Gasteiger partial charge is 0.481 e. The van der Waals surface area contributed by atoms with E-state index in [9.17, 15) is 29.1 Å². The number of anilines is 1. The Morgan fingerprint density at radius 3 is 2.37 bits per heavy atom. The van der Waals surface area contributed by atoms with Gasteiger partial charge in [-0.2, -0.15) is 0 Å². The highest BCUT2D eigenvalue weighted by Gasteiger charge is 2.35. The fourth-order valence-corrected chi connectivity index (χ4v) is 6.11. The van der Waals surface area contributed by atoms with Crippen molar-refractivity contribution in [3.63, 3.8) is 0 Å². The number of carbonyl (C=O) groups excluding carboxylic acids is 4. The molecule has 4 N–H and O–H groups in total. The standard InChI is InChI=1S/C37H52N4O9S/c1-8-10-12-18-49-41(33(45)13-11-9-2)30(24(3)4)20-31(50-25(5)43)35-40-29(23-51-35)34(46)39-28(21-37(6,7)36(47)48)19-26-14-16-27(17-15-26)38-32(44)22-42/h1,14-17,23-24,28,30-31,42H,9-13,18-22H2,2-7H3,(H,38,44)(H,39,46)(H,47,48). The Labute approximate surface area is 304 Å². The van der Waals surface area contributed by atoms with Crippen LogP contribution in [-0.4, -0.2) is 75.2 Å². The number of esters is 1. The maximum absolute atomic E-state index is 13.6. The topological polar surface area (TPSA) is 184 Å². The zero-order valence-electron chi connectivity index (χ0n) is 30.4. The van der Waals surface area contributed by atoms with Crippen molar-refractivity contribution in [1.29, 1.82) is 0 Å². The van der Waals surface area contributed by atoms with Crippen LogP contribution in [-0.2, 0) is 35.2 Å². The molecule has 3 atom stereocenters. The quantitative estimate of drug-likeness (QED) is 0.0537. The summed E-state index contributed by atoms with van der Waals surface area (Å²) < 4.78 is 5.71. The summed E-state index contributed by atoms with van der Waals surface area (Å²) in [6.07, 6.45) is 7.92. The molecule has 1 heterocycles. The molecule has 13 nitrogen and oxygen atoms in total. The van der Waals surface area contributed by atoms with Crippen LogP contribution in [0.5, 0.6) is 0 Å². The van der Waals surface area contributed by atoms with Crippen LogP contribution in [0.15, 0.2) is 29.6 Å². The fourth-order valence-electron chi connectivity index (χ4n) is 5.27. The number of nitrogens with zero attached hydrogens (tertiary/aromatic N) is 2. The number of terminal acetylenes is 1. The van der Waals surface area contributed by atoms with Gasteiger partial charge in [-0.25, -0.2) is 10.0 Å². The molecular weight excluding hydrogens is 676 g/mol. The van der Waals surface area contributed by atoms with Crippen molar-refractivity contribution in [2.75, 3.05) is 18.5 Å². The van der Waals surface area contributed by atoms with Gasteiger partial charge < -0.3 is 25.6 Å². The Bertz CT molecular complexity index is 1500. The zero-order chi connectivity index (χ0) is 38.1. The van der Waals surface area contributed by atoms with Crippen LogP contribution in [0, 0.1) is 23.7 Å². The normalized spacial score (nSPS) is 13.1. The van der Waals surface area contributed by atoms with E-state index < -0.39 is 54.0 Å². The molecule has 0 aliphatic rings. The molecule has 2 rings (SSSR count). The van der Waals surface area contributed by atoms with Crippen molar-refractivity contribution in [2.24, 2.45) is 11.3 Å². The van der Waals surface area contributed by atoms with E-state index >= 15 is 0 Å². The molecule has 3 amide bonds. The van der Waals surface area contributed by atoms with Crippen molar-refractivity contribution in [2.45, 2.75) is 111 Å². The number of hydroxylamine groups is 2. The second-order valence-electron chi connectivity index (χ2n) is 13.4. The second-order valence-corrected chi connectivity index (χ2v) is 14.2. The maximum atomic E-state index is 13.6. The van der Waals surface area contributed by atoms with E-state index in [1.54, 1.807) is 43.5 Å². The number of aliphatic carboxylic acids is 1. The predicted molar refractivity (Wildman–Crippen MR) is 193 cm³/mol. The number of rotatable bonds is 22. The van der Waals surface area contributed by atoms with Gasteiger partial charge in [0.1, 0.15) is 17.3 Å². The number of thiazole rings is 1. The van der Waals surface area contributed by atoms with Gasteiger partial charge in [0.15, 0.2) is 6.10 Å². The van der Waals surface area contributed by atoms with Gasteiger partial charge in [0.05, 0.1) is 18.1 Å². The summed E-state index contributed by atoms with van der Waals surface area (Å²) in [5.41, 5.74) is 0.146. The molecule has 51 heavy (non-hydrogen) atoms. The van der Waals surface area contributed by atoms with Crippen LogP contribution in [0.2, 0.25) is 0 Å². The number of ether oxygens (including phenoxy) is 1. The minimum Gasteiger partial charge on any atom is -0.481 e. The summed E-state index contributed by atoms with van der Waals surface area (Å²) >= 11 is 1.14. The number of nitrogens with one attached hydrogen (secondary N) is 2. The van der Waals surface area contributed by atoms with Crippen LogP contribution in [0.1, 0.15) is 114 Å². The van der Waals surface area contributed by atoms with Crippen LogP contribution in [0.4, 0.5) is 5.69 Å². The first-order valence-electron chi connectivity index (χ1n) is 17.2. The number of carboxylic acids is 1.